The standard InChI is InChI=1S/C26H31FN2O4S/c1-26(2,32)14-29-8-7-15(12-29)9-16-10-18(27)3-6-22(16)34-28-21-5-4-19-20-11-17(20)13-33-24(19)23(21)25(30)31/h3-6,10,15,17,20,28,32H,7-9,11-14H2,1-2H3,(H,30,31)/t15?,17-,20?/m0/s1. The topological polar surface area (TPSA) is 82.0 Å². The van der Waals surface area contributed by atoms with Gasteiger partial charge in [-0.05, 0) is 98.8 Å². The molecule has 0 bridgehead atoms. The van der Waals surface area contributed by atoms with Crippen LogP contribution in [0.2, 0.25) is 0 Å². The number of benzene rings is 2. The second-order valence-electron chi connectivity index (χ2n) is 10.5. The fraction of sp³-hybridized carbons (Fsp3) is 0.500. The first-order chi connectivity index (χ1) is 16.2. The number of nitrogens with zero attached hydrogens (tertiary/aromatic N) is 1. The Morgan fingerprint density at radius 3 is 2.91 bits per heavy atom. The number of rotatable bonds is 8. The number of hydrogen-bond donors (Lipinski definition) is 3. The summed E-state index contributed by atoms with van der Waals surface area (Å²) in [6, 6.07) is 8.54. The van der Waals surface area contributed by atoms with Crippen LogP contribution in [-0.2, 0) is 6.42 Å². The van der Waals surface area contributed by atoms with E-state index in [0.717, 1.165) is 48.4 Å². The third-order valence-electron chi connectivity index (χ3n) is 6.95. The minimum Gasteiger partial charge on any atom is -0.492 e. The smallest absolute Gasteiger partial charge is 0.341 e. The van der Waals surface area contributed by atoms with Gasteiger partial charge < -0.3 is 24.6 Å². The quantitative estimate of drug-likeness (QED) is 0.464. The lowest BCUT2D eigenvalue weighted by molar-refractivity contribution is 0.0428. The van der Waals surface area contributed by atoms with E-state index in [0.29, 0.717) is 42.3 Å². The van der Waals surface area contributed by atoms with Crippen molar-refractivity contribution in [2.75, 3.05) is 31.0 Å². The average Bonchev–Trinajstić information content (AvgIpc) is 3.44. The Kier molecular flexibility index (Phi) is 6.25. The van der Waals surface area contributed by atoms with Gasteiger partial charge in [0.2, 0.25) is 0 Å². The van der Waals surface area contributed by atoms with E-state index in [2.05, 4.69) is 9.62 Å². The van der Waals surface area contributed by atoms with Crippen molar-refractivity contribution >= 4 is 23.6 Å². The van der Waals surface area contributed by atoms with Crippen molar-refractivity contribution in [2.45, 2.75) is 49.5 Å². The van der Waals surface area contributed by atoms with Crippen LogP contribution in [0.1, 0.15) is 54.1 Å². The minimum absolute atomic E-state index is 0.164. The molecule has 2 heterocycles. The predicted octanol–water partition coefficient (Wildman–Crippen LogP) is 4.77. The highest BCUT2D eigenvalue weighted by atomic mass is 32.2. The summed E-state index contributed by atoms with van der Waals surface area (Å²) in [7, 11) is 0. The van der Waals surface area contributed by atoms with Gasteiger partial charge in [0.1, 0.15) is 17.1 Å². The van der Waals surface area contributed by atoms with Crippen molar-refractivity contribution in [2.24, 2.45) is 11.8 Å². The van der Waals surface area contributed by atoms with E-state index in [4.69, 9.17) is 4.74 Å². The van der Waals surface area contributed by atoms with Crippen LogP contribution in [0.15, 0.2) is 35.2 Å². The van der Waals surface area contributed by atoms with Crippen LogP contribution in [0.4, 0.5) is 10.1 Å². The molecule has 0 aromatic heterocycles. The summed E-state index contributed by atoms with van der Waals surface area (Å²) in [5.74, 6) is 0.485. The lowest BCUT2D eigenvalue weighted by Gasteiger charge is -2.25. The van der Waals surface area contributed by atoms with E-state index in [1.54, 1.807) is 12.1 Å². The van der Waals surface area contributed by atoms with E-state index in [-0.39, 0.29) is 11.4 Å². The third kappa shape index (κ3) is 5.04. The zero-order valence-corrected chi connectivity index (χ0v) is 20.3. The minimum atomic E-state index is -1.02. The molecule has 2 aromatic rings. The van der Waals surface area contributed by atoms with E-state index in [1.807, 2.05) is 26.0 Å². The zero-order valence-electron chi connectivity index (χ0n) is 19.5. The van der Waals surface area contributed by atoms with E-state index >= 15 is 0 Å². The van der Waals surface area contributed by atoms with Crippen molar-refractivity contribution < 1.29 is 24.1 Å². The van der Waals surface area contributed by atoms with E-state index in [1.165, 1.54) is 18.0 Å². The molecule has 0 radical (unpaired) electrons. The Morgan fingerprint density at radius 2 is 2.15 bits per heavy atom. The first-order valence-corrected chi connectivity index (χ1v) is 12.7. The molecule has 0 amide bonds. The molecule has 0 spiro atoms. The maximum atomic E-state index is 14.1. The average molecular weight is 487 g/mol. The Labute approximate surface area is 203 Å². The molecule has 1 aliphatic carbocycles. The highest BCUT2D eigenvalue weighted by Crippen LogP contribution is 2.55. The normalized spacial score (nSPS) is 23.7. The molecule has 3 N–H and O–H groups in total. The number of likely N-dealkylation sites (tertiary alicyclic amines) is 1. The molecule has 1 saturated carbocycles. The van der Waals surface area contributed by atoms with Crippen LogP contribution in [0.3, 0.4) is 0 Å². The van der Waals surface area contributed by atoms with E-state index < -0.39 is 11.6 Å². The van der Waals surface area contributed by atoms with Gasteiger partial charge in [-0.2, -0.15) is 0 Å². The highest BCUT2D eigenvalue weighted by Gasteiger charge is 2.45. The Bertz CT molecular complexity index is 1100. The summed E-state index contributed by atoms with van der Waals surface area (Å²) in [6.45, 7) is 6.61. The number of carbonyl (C=O) groups is 1. The summed E-state index contributed by atoms with van der Waals surface area (Å²) >= 11 is 1.31. The predicted molar refractivity (Wildman–Crippen MR) is 130 cm³/mol. The molecule has 5 rings (SSSR count). The number of anilines is 1. The molecule has 8 heteroatoms. The number of carboxylic acid groups (broad SMARTS) is 1. The van der Waals surface area contributed by atoms with Crippen LogP contribution < -0.4 is 9.46 Å². The zero-order chi connectivity index (χ0) is 24.0. The van der Waals surface area contributed by atoms with Gasteiger partial charge in [-0.1, -0.05) is 6.07 Å². The maximum Gasteiger partial charge on any atom is 0.341 e. The molecular formula is C26H31FN2O4S. The number of aromatic carboxylic acids is 1. The first-order valence-electron chi connectivity index (χ1n) is 11.9. The van der Waals surface area contributed by atoms with Crippen molar-refractivity contribution in [3.63, 3.8) is 0 Å². The maximum absolute atomic E-state index is 14.1. The molecule has 34 heavy (non-hydrogen) atoms. The van der Waals surface area contributed by atoms with Gasteiger partial charge in [-0.25, -0.2) is 9.18 Å². The van der Waals surface area contributed by atoms with Gasteiger partial charge >= 0.3 is 5.97 Å². The van der Waals surface area contributed by atoms with Gasteiger partial charge in [-0.3, -0.25) is 0 Å². The molecule has 1 saturated heterocycles. The van der Waals surface area contributed by atoms with Gasteiger partial charge in [0, 0.05) is 23.9 Å². The highest BCUT2D eigenvalue weighted by molar-refractivity contribution is 8.00. The second kappa shape index (κ2) is 9.06. The summed E-state index contributed by atoms with van der Waals surface area (Å²) in [5, 5.41) is 20.0. The van der Waals surface area contributed by atoms with Gasteiger partial charge in [0.05, 0.1) is 17.9 Å². The second-order valence-corrected chi connectivity index (χ2v) is 11.3. The van der Waals surface area contributed by atoms with Crippen LogP contribution >= 0.6 is 11.9 Å². The van der Waals surface area contributed by atoms with E-state index in [9.17, 15) is 19.4 Å². The van der Waals surface area contributed by atoms with Crippen LogP contribution in [-0.4, -0.2) is 52.9 Å². The van der Waals surface area contributed by atoms with Crippen LogP contribution in [0.25, 0.3) is 0 Å². The fourth-order valence-corrected chi connectivity index (χ4v) is 6.14. The summed E-state index contributed by atoms with van der Waals surface area (Å²) in [6.07, 6.45) is 2.78. The summed E-state index contributed by atoms with van der Waals surface area (Å²) in [5.41, 5.74) is 1.81. The number of carboxylic acids is 1. The molecule has 182 valence electrons. The Balaban J connectivity index is 1.31. The van der Waals surface area contributed by atoms with Gasteiger partial charge in [0.15, 0.2) is 0 Å². The number of nitrogens with one attached hydrogen (secondary N) is 1. The van der Waals surface area contributed by atoms with Crippen molar-refractivity contribution in [1.29, 1.82) is 0 Å². The number of halogens is 1. The largest absolute Gasteiger partial charge is 0.492 e. The Hall–Kier alpha value is -2.29. The van der Waals surface area contributed by atoms with Gasteiger partial charge in [-0.15, -0.1) is 0 Å². The molecule has 3 aliphatic rings. The van der Waals surface area contributed by atoms with Crippen molar-refractivity contribution in [1.82, 2.24) is 4.90 Å². The number of β-amino-alcohol motifs (C(OH)–C–C–N with tert-alkyl or cyclic N) is 1. The monoisotopic (exact) mass is 486 g/mol. The lowest BCUT2D eigenvalue weighted by atomic mass is 9.98. The first kappa shape index (κ1) is 23.5. The fourth-order valence-electron chi connectivity index (χ4n) is 5.35. The number of fused-ring (bicyclic) bond motifs is 3. The van der Waals surface area contributed by atoms with Crippen LogP contribution in [0.5, 0.6) is 5.75 Å². The molecule has 2 unspecified atom stereocenters. The molecule has 3 atom stereocenters. The van der Waals surface area contributed by atoms with Crippen LogP contribution in [0, 0.1) is 17.7 Å². The number of ether oxygens (including phenoxy) is 1. The number of aliphatic hydroxyl groups is 1. The Morgan fingerprint density at radius 1 is 1.32 bits per heavy atom. The summed E-state index contributed by atoms with van der Waals surface area (Å²) in [4.78, 5) is 15.2. The van der Waals surface area contributed by atoms with Crippen molar-refractivity contribution in [3.05, 3.63) is 52.8 Å². The molecule has 6 nitrogen and oxygen atoms in total. The molecular weight excluding hydrogens is 455 g/mol. The molecule has 2 aliphatic heterocycles. The number of hydrogen-bond acceptors (Lipinski definition) is 6. The molecule has 2 aromatic carbocycles. The lowest BCUT2D eigenvalue weighted by Crippen LogP contribution is -2.37. The van der Waals surface area contributed by atoms with Gasteiger partial charge in [0.25, 0.3) is 0 Å². The third-order valence-corrected chi connectivity index (χ3v) is 7.89. The molecule has 2 fully saturated rings. The SMILES string of the molecule is CC(C)(O)CN1CCC(Cc2cc(F)ccc2SNc2ccc3c(c2C(=O)O)OC[C@@H]2CC32)C1. The summed E-state index contributed by atoms with van der Waals surface area (Å²) < 4.78 is 23.2. The van der Waals surface area contributed by atoms with Crippen molar-refractivity contribution in [3.8, 4) is 5.75 Å².